The number of esters is 1. The zero-order valence-corrected chi connectivity index (χ0v) is 42.5. The van der Waals surface area contributed by atoms with E-state index in [4.69, 9.17) is 4.74 Å². The predicted molar refractivity (Wildman–Crippen MR) is 270 cm³/mol. The molecule has 2 saturated heterocycles. The van der Waals surface area contributed by atoms with Gasteiger partial charge in [0.25, 0.3) is 17.0 Å². The van der Waals surface area contributed by atoms with Crippen molar-refractivity contribution in [2.24, 2.45) is 18.9 Å². The number of ether oxygens (including phenoxy) is 1. The molecule has 5 N–H and O–H groups in total. The van der Waals surface area contributed by atoms with Crippen molar-refractivity contribution in [1.29, 1.82) is 0 Å². The van der Waals surface area contributed by atoms with Crippen LogP contribution in [0.4, 0.5) is 24.5 Å². The third kappa shape index (κ3) is 11.1. The first-order chi connectivity index (χ1) is 34.8. The van der Waals surface area contributed by atoms with Crippen molar-refractivity contribution in [3.05, 3.63) is 114 Å². The summed E-state index contributed by atoms with van der Waals surface area (Å²) in [6.07, 6.45) is 1.43. The van der Waals surface area contributed by atoms with E-state index in [1.807, 2.05) is 36.4 Å². The molecule has 8 rings (SSSR count). The number of halogens is 4. The van der Waals surface area contributed by atoms with Crippen LogP contribution in [0.3, 0.4) is 0 Å². The number of aliphatic hydroxyl groups excluding tert-OH is 1. The molecular formula is C50H54F3IN10O9. The second kappa shape index (κ2) is 22.1. The van der Waals surface area contributed by atoms with Gasteiger partial charge in [-0.15, -0.1) is 10.2 Å². The largest absolute Gasteiger partial charge is 0.508 e. The van der Waals surface area contributed by atoms with Crippen molar-refractivity contribution in [2.45, 2.75) is 71.6 Å². The Morgan fingerprint density at radius 2 is 1.60 bits per heavy atom. The van der Waals surface area contributed by atoms with Crippen LogP contribution in [0.1, 0.15) is 74.1 Å². The smallest absolute Gasteiger partial charge is 0.309 e. The first-order valence-electron chi connectivity index (χ1n) is 23.8. The lowest BCUT2D eigenvalue weighted by atomic mass is 9.92. The molecule has 3 aromatic carbocycles. The quantitative estimate of drug-likeness (QED) is 0.0636. The Hall–Kier alpha value is -6.86. The van der Waals surface area contributed by atoms with Gasteiger partial charge in [0.05, 0.1) is 35.1 Å². The first-order valence-corrected chi connectivity index (χ1v) is 24.9. The molecular weight excluding hydrogens is 1070 g/mol. The number of rotatable bonds is 15. The van der Waals surface area contributed by atoms with Crippen molar-refractivity contribution in [1.82, 2.24) is 44.0 Å². The van der Waals surface area contributed by atoms with Gasteiger partial charge in [0, 0.05) is 54.3 Å². The number of phenolic OH excluding ortho intramolecular Hbond substituents is 2. The van der Waals surface area contributed by atoms with Gasteiger partial charge in [0.15, 0.2) is 11.5 Å². The highest BCUT2D eigenvalue weighted by Gasteiger charge is 2.34. The summed E-state index contributed by atoms with van der Waals surface area (Å²) in [4.78, 5) is 74.2. The molecule has 5 heterocycles. The predicted octanol–water partition coefficient (Wildman–Crippen LogP) is 5.45. The molecule has 2 aliphatic rings. The lowest BCUT2D eigenvalue weighted by Crippen LogP contribution is -2.46. The molecule has 0 bridgehead atoms. The highest BCUT2D eigenvalue weighted by molar-refractivity contribution is 14.1. The van der Waals surface area contributed by atoms with E-state index in [-0.39, 0.29) is 75.4 Å². The van der Waals surface area contributed by atoms with Crippen LogP contribution in [0.25, 0.3) is 28.1 Å². The fourth-order valence-electron chi connectivity index (χ4n) is 9.26. The van der Waals surface area contributed by atoms with Crippen LogP contribution in [0.2, 0.25) is 0 Å². The van der Waals surface area contributed by atoms with Crippen LogP contribution in [0.5, 0.6) is 11.5 Å². The Morgan fingerprint density at radius 3 is 2.27 bits per heavy atom. The summed E-state index contributed by atoms with van der Waals surface area (Å²) >= 11 is 1.90. The Kier molecular flexibility index (Phi) is 15.9. The Bertz CT molecular complexity index is 3220. The van der Waals surface area contributed by atoms with E-state index in [2.05, 4.69) is 30.7 Å². The van der Waals surface area contributed by atoms with E-state index in [1.165, 1.54) is 35.9 Å². The third-order valence-corrected chi connectivity index (χ3v) is 14.0. The fourth-order valence-corrected chi connectivity index (χ4v) is 9.72. The van der Waals surface area contributed by atoms with Gasteiger partial charge in [-0.05, 0) is 116 Å². The first kappa shape index (κ1) is 52.5. The number of aryl methyl sites for hydroxylation is 1. The highest BCUT2D eigenvalue weighted by Crippen LogP contribution is 2.39. The minimum atomic E-state index is -1.39. The van der Waals surface area contributed by atoms with Crippen LogP contribution >= 0.6 is 22.6 Å². The van der Waals surface area contributed by atoms with Crippen LogP contribution in [-0.4, -0.2) is 117 Å². The zero-order chi connectivity index (χ0) is 52.4. The average Bonchev–Trinajstić information content (AvgIpc) is 3.81. The molecule has 19 nitrogen and oxygen atoms in total. The molecule has 0 aliphatic carbocycles. The van der Waals surface area contributed by atoms with Crippen LogP contribution < -0.4 is 21.8 Å². The molecule has 23 heteroatoms. The summed E-state index contributed by atoms with van der Waals surface area (Å²) in [5.41, 5.74) is -1.52. The molecule has 2 amide bonds. The number of hydrogen-bond donors (Lipinski definition) is 5. The van der Waals surface area contributed by atoms with Crippen LogP contribution in [-0.2, 0) is 34.5 Å². The number of aromatic hydroxyl groups is 2. The average molecular weight is 1120 g/mol. The van der Waals surface area contributed by atoms with Gasteiger partial charge in [0.1, 0.15) is 47.6 Å². The number of pyridine rings is 1. The number of carbonyl (C=O) groups excluding carboxylic acids is 3. The highest BCUT2D eigenvalue weighted by atomic mass is 127. The fraction of sp³-hybridized carbons (Fsp3) is 0.400. The normalized spacial score (nSPS) is 15.2. The van der Waals surface area contributed by atoms with Gasteiger partial charge in [0.2, 0.25) is 17.5 Å². The Balaban J connectivity index is 0.834. The number of hydrogen-bond acceptors (Lipinski definition) is 14. The number of aliphatic hydroxyl groups is 1. The number of likely N-dealkylation sites (tertiary alicyclic amines) is 2. The number of anilines is 2. The molecule has 73 heavy (non-hydrogen) atoms. The molecule has 1 atom stereocenters. The maximum Gasteiger partial charge on any atom is 0.309 e. The molecule has 0 radical (unpaired) electrons. The number of aromatic nitrogens is 6. The number of piperidine rings is 2. The van der Waals surface area contributed by atoms with E-state index in [0.29, 0.717) is 73.1 Å². The summed E-state index contributed by atoms with van der Waals surface area (Å²) in [5, 5.41) is 45.3. The molecule has 3 aromatic heterocycles. The van der Waals surface area contributed by atoms with E-state index >= 15 is 8.78 Å². The van der Waals surface area contributed by atoms with Gasteiger partial charge in [-0.25, -0.2) is 13.8 Å². The summed E-state index contributed by atoms with van der Waals surface area (Å²) < 4.78 is 55.3. The Morgan fingerprint density at radius 1 is 0.890 bits per heavy atom. The number of nitrogens with one attached hydrogen (secondary N) is 2. The van der Waals surface area contributed by atoms with E-state index in [0.717, 1.165) is 15.5 Å². The lowest BCUT2D eigenvalue weighted by molar-refractivity contribution is -0.155. The molecule has 6 aromatic rings. The lowest BCUT2D eigenvalue weighted by Gasteiger charge is -2.37. The minimum absolute atomic E-state index is 0.0262. The minimum Gasteiger partial charge on any atom is -0.508 e. The number of phenols is 2. The van der Waals surface area contributed by atoms with Crippen LogP contribution in [0.15, 0.2) is 64.4 Å². The number of carbonyl (C=O) groups is 3. The van der Waals surface area contributed by atoms with Crippen molar-refractivity contribution in [3.8, 4) is 28.6 Å². The SMILES string of the molecule is CCNC(=O)c1nnc(-c2cc(C(C)C)c(O)cc2O)n1-c1ccc(CN2CCC(C(=O)N3CCC(C(=O)OC[C@@H](O)Cn4cnc5c(c(Nc6ccc(I)cc6F)c(F)c(=O)n5C)c4=O)CC3)CC2)c(F)c1. The maximum atomic E-state index is 16.0. The van der Waals surface area contributed by atoms with Gasteiger partial charge in [-0.2, -0.15) is 4.39 Å². The number of nitrogens with zero attached hydrogens (tertiary/aromatic N) is 8. The monoisotopic (exact) mass is 1120 g/mol. The standard InChI is InChI=1S/C50H54F3IN10O9/c1-5-55-46(68)45-59-58-43(34-20-33(26(2)3)38(66)21-39(34)67)64(45)31-8-6-29(35(51)19-31)22-61-14-10-27(11-15-61)47(69)62-16-12-28(13-17-62)50(72)73-24-32(65)23-63-25-56-44-40(48(63)70)42(41(53)49(71)60(44)4)57-37-9-7-30(54)18-36(37)52/h6-9,18-21,25-28,32,57,65-67H,5,10-17,22-24H2,1-4H3,(H,55,68)/t32-/m0/s1. The summed E-state index contributed by atoms with van der Waals surface area (Å²) in [6.45, 7) is 6.84. The summed E-state index contributed by atoms with van der Waals surface area (Å²) in [5.74, 6) is -5.15. The number of fused-ring (bicyclic) bond motifs is 1. The molecule has 0 unspecified atom stereocenters. The summed E-state index contributed by atoms with van der Waals surface area (Å²) in [6, 6.07) is 11.4. The van der Waals surface area contributed by atoms with Crippen LogP contribution in [0, 0.1) is 32.9 Å². The summed E-state index contributed by atoms with van der Waals surface area (Å²) in [7, 11) is 1.23. The molecule has 386 valence electrons. The van der Waals surface area contributed by atoms with Gasteiger partial charge < -0.3 is 35.6 Å². The van der Waals surface area contributed by atoms with Crippen molar-refractivity contribution >= 4 is 62.8 Å². The third-order valence-electron chi connectivity index (χ3n) is 13.3. The second-order valence-electron chi connectivity index (χ2n) is 18.5. The molecule has 0 spiro atoms. The molecule has 0 saturated carbocycles. The van der Waals surface area contributed by atoms with E-state index in [1.54, 1.807) is 36.1 Å². The number of benzene rings is 3. The topological polar surface area (TPSA) is 239 Å². The zero-order valence-electron chi connectivity index (χ0n) is 40.4. The Labute approximate surface area is 429 Å². The van der Waals surface area contributed by atoms with Crippen molar-refractivity contribution in [3.63, 3.8) is 0 Å². The van der Waals surface area contributed by atoms with Gasteiger partial charge in [-0.3, -0.25) is 42.6 Å². The van der Waals surface area contributed by atoms with Gasteiger partial charge in [-0.1, -0.05) is 19.9 Å². The van der Waals surface area contributed by atoms with Crippen molar-refractivity contribution < 1.29 is 47.6 Å². The maximum absolute atomic E-state index is 16.0. The molecule has 2 fully saturated rings. The van der Waals surface area contributed by atoms with Gasteiger partial charge >= 0.3 is 5.97 Å². The van der Waals surface area contributed by atoms with E-state index < -0.39 is 71.3 Å². The van der Waals surface area contributed by atoms with E-state index in [9.17, 15) is 43.7 Å². The second-order valence-corrected chi connectivity index (χ2v) is 19.8. The number of amides is 2. The molecule has 2 aliphatic heterocycles. The van der Waals surface area contributed by atoms with Crippen molar-refractivity contribution in [2.75, 3.05) is 44.6 Å².